The molecule has 2 nitrogen and oxygen atoms in total. The van der Waals surface area contributed by atoms with Crippen molar-refractivity contribution in [3.8, 4) is 0 Å². The minimum Gasteiger partial charge on any atom is -0.387 e. The molecule has 0 amide bonds. The van der Waals surface area contributed by atoms with Crippen LogP contribution in [-0.4, -0.2) is 22.6 Å². The molecule has 2 rings (SSSR count). The van der Waals surface area contributed by atoms with E-state index in [9.17, 15) is 5.11 Å². The van der Waals surface area contributed by atoms with Gasteiger partial charge in [0.05, 0.1) is 6.10 Å². The monoisotopic (exact) mass is 321 g/mol. The van der Waals surface area contributed by atoms with Crippen molar-refractivity contribution in [2.75, 3.05) is 6.54 Å². The van der Waals surface area contributed by atoms with Crippen molar-refractivity contribution in [1.82, 2.24) is 4.90 Å². The van der Waals surface area contributed by atoms with E-state index < -0.39 is 6.10 Å². The number of nitrogens with zero attached hydrogens (tertiary/aromatic N) is 1. The molecule has 2 aromatic rings. The second kappa shape index (κ2) is 9.21. The van der Waals surface area contributed by atoms with Gasteiger partial charge in [0.1, 0.15) is 0 Å². The van der Waals surface area contributed by atoms with E-state index in [2.05, 4.69) is 49.2 Å². The van der Waals surface area contributed by atoms with Crippen molar-refractivity contribution in [3.05, 3.63) is 97.1 Å². The maximum atomic E-state index is 10.8. The fourth-order valence-electron chi connectivity index (χ4n) is 3.13. The third-order valence-corrected chi connectivity index (χ3v) is 4.44. The summed E-state index contributed by atoms with van der Waals surface area (Å²) in [5, 5.41) is 10.8. The number of rotatable bonds is 9. The third kappa shape index (κ3) is 4.44. The Morgan fingerprint density at radius 3 is 1.96 bits per heavy atom. The highest BCUT2D eigenvalue weighted by Gasteiger charge is 2.28. The first-order valence-electron chi connectivity index (χ1n) is 8.44. The lowest BCUT2D eigenvalue weighted by Crippen LogP contribution is -2.40. The van der Waals surface area contributed by atoms with Gasteiger partial charge in [0.2, 0.25) is 0 Å². The van der Waals surface area contributed by atoms with Gasteiger partial charge in [0.25, 0.3) is 0 Å². The lowest BCUT2D eigenvalue weighted by molar-refractivity contribution is 0.0392. The van der Waals surface area contributed by atoms with Gasteiger partial charge in [0, 0.05) is 18.6 Å². The summed E-state index contributed by atoms with van der Waals surface area (Å²) in [4.78, 5) is 2.29. The Bertz CT molecular complexity index is 623. The van der Waals surface area contributed by atoms with Crippen LogP contribution in [0.25, 0.3) is 0 Å². The molecule has 1 N–H and O–H groups in total. The predicted molar refractivity (Wildman–Crippen MR) is 102 cm³/mol. The van der Waals surface area contributed by atoms with Crippen LogP contribution in [0.2, 0.25) is 0 Å². The molecular formula is C22H27NO. The van der Waals surface area contributed by atoms with E-state index in [1.807, 2.05) is 48.6 Å². The molecule has 0 aliphatic carbocycles. The molecule has 0 bridgehead atoms. The quantitative estimate of drug-likeness (QED) is 0.663. The summed E-state index contributed by atoms with van der Waals surface area (Å²) in [6, 6.07) is 20.3. The van der Waals surface area contributed by atoms with Crippen molar-refractivity contribution in [2.24, 2.45) is 0 Å². The van der Waals surface area contributed by atoms with Crippen molar-refractivity contribution in [2.45, 2.75) is 31.5 Å². The Morgan fingerprint density at radius 2 is 1.46 bits per heavy atom. The zero-order valence-electron chi connectivity index (χ0n) is 14.4. The molecule has 3 atom stereocenters. The van der Waals surface area contributed by atoms with Crippen LogP contribution in [0.15, 0.2) is 86.0 Å². The van der Waals surface area contributed by atoms with E-state index in [-0.39, 0.29) is 12.1 Å². The summed E-state index contributed by atoms with van der Waals surface area (Å²) in [6.07, 6.45) is 4.11. The summed E-state index contributed by atoms with van der Waals surface area (Å²) in [7, 11) is 0. The fourth-order valence-corrected chi connectivity index (χ4v) is 3.13. The molecule has 0 spiro atoms. The van der Waals surface area contributed by atoms with E-state index >= 15 is 0 Å². The van der Waals surface area contributed by atoms with Crippen LogP contribution >= 0.6 is 0 Å². The molecule has 24 heavy (non-hydrogen) atoms. The van der Waals surface area contributed by atoms with E-state index in [1.54, 1.807) is 0 Å². The molecule has 2 heteroatoms. The first kappa shape index (κ1) is 18.2. The standard InChI is InChI=1S/C22H27NO/c1-4-12-21(19-13-8-6-9-14-19)23(17-5-2)18(3)22(24)20-15-10-7-11-16-20/h4-11,13-16,18,21-22,24H,1-2,12,17H2,3H3/t18-,21-,22-/m0/s1. The van der Waals surface area contributed by atoms with Crippen LogP contribution in [0.3, 0.4) is 0 Å². The van der Waals surface area contributed by atoms with E-state index in [0.29, 0.717) is 6.54 Å². The van der Waals surface area contributed by atoms with Gasteiger partial charge < -0.3 is 5.11 Å². The minimum atomic E-state index is -0.554. The molecule has 0 aromatic heterocycles. The zero-order chi connectivity index (χ0) is 17.4. The second-order valence-electron chi connectivity index (χ2n) is 6.03. The maximum absolute atomic E-state index is 10.8. The molecule has 2 aromatic carbocycles. The van der Waals surface area contributed by atoms with Crippen LogP contribution in [0, 0.1) is 0 Å². The normalized spacial score (nSPS) is 14.8. The van der Waals surface area contributed by atoms with Crippen molar-refractivity contribution < 1.29 is 5.11 Å². The van der Waals surface area contributed by atoms with E-state index in [0.717, 1.165) is 12.0 Å². The summed E-state index contributed by atoms with van der Waals surface area (Å²) in [5.74, 6) is 0. The number of hydrogen-bond acceptors (Lipinski definition) is 2. The molecule has 0 unspecified atom stereocenters. The smallest absolute Gasteiger partial charge is 0.0942 e. The van der Waals surface area contributed by atoms with Crippen LogP contribution in [0.5, 0.6) is 0 Å². The van der Waals surface area contributed by atoms with Gasteiger partial charge in [-0.3, -0.25) is 4.90 Å². The highest BCUT2D eigenvalue weighted by atomic mass is 16.3. The lowest BCUT2D eigenvalue weighted by atomic mass is 9.96. The summed E-state index contributed by atoms with van der Waals surface area (Å²) < 4.78 is 0. The average molecular weight is 321 g/mol. The topological polar surface area (TPSA) is 23.5 Å². The van der Waals surface area contributed by atoms with Gasteiger partial charge in [-0.25, -0.2) is 0 Å². The molecule has 0 saturated heterocycles. The van der Waals surface area contributed by atoms with Crippen LogP contribution in [0.1, 0.15) is 36.6 Å². The first-order chi connectivity index (χ1) is 11.7. The van der Waals surface area contributed by atoms with E-state index in [1.165, 1.54) is 5.56 Å². The Labute approximate surface area is 145 Å². The number of benzene rings is 2. The lowest BCUT2D eigenvalue weighted by Gasteiger charge is -2.38. The van der Waals surface area contributed by atoms with Crippen LogP contribution < -0.4 is 0 Å². The van der Waals surface area contributed by atoms with Gasteiger partial charge in [-0.15, -0.1) is 13.2 Å². The molecule has 0 aliphatic heterocycles. The number of hydrogen-bond donors (Lipinski definition) is 1. The minimum absolute atomic E-state index is 0.0458. The van der Waals surface area contributed by atoms with Crippen molar-refractivity contribution in [3.63, 3.8) is 0 Å². The first-order valence-corrected chi connectivity index (χ1v) is 8.44. The zero-order valence-corrected chi connectivity index (χ0v) is 14.4. The third-order valence-electron chi connectivity index (χ3n) is 4.44. The maximum Gasteiger partial charge on any atom is 0.0942 e. The molecule has 0 fully saturated rings. The van der Waals surface area contributed by atoms with Gasteiger partial charge >= 0.3 is 0 Å². The number of aliphatic hydroxyl groups is 1. The molecular weight excluding hydrogens is 294 g/mol. The fraction of sp³-hybridized carbons (Fsp3) is 0.273. The van der Waals surface area contributed by atoms with Crippen molar-refractivity contribution >= 4 is 0 Å². The Balaban J connectivity index is 2.31. The van der Waals surface area contributed by atoms with Gasteiger partial charge in [0.15, 0.2) is 0 Å². The average Bonchev–Trinajstić information content (AvgIpc) is 2.65. The van der Waals surface area contributed by atoms with Crippen molar-refractivity contribution in [1.29, 1.82) is 0 Å². The summed E-state index contributed by atoms with van der Waals surface area (Å²) in [5.41, 5.74) is 2.16. The Hall–Kier alpha value is -2.16. The highest BCUT2D eigenvalue weighted by molar-refractivity contribution is 5.22. The molecule has 0 heterocycles. The predicted octanol–water partition coefficient (Wildman–Crippen LogP) is 4.91. The number of aliphatic hydroxyl groups excluding tert-OH is 1. The van der Waals surface area contributed by atoms with Crippen LogP contribution in [0.4, 0.5) is 0 Å². The second-order valence-corrected chi connectivity index (χ2v) is 6.03. The van der Waals surface area contributed by atoms with Gasteiger partial charge in [-0.2, -0.15) is 0 Å². The Morgan fingerprint density at radius 1 is 0.917 bits per heavy atom. The highest BCUT2D eigenvalue weighted by Crippen LogP contribution is 2.31. The molecule has 0 saturated carbocycles. The molecule has 0 aliphatic rings. The molecule has 126 valence electrons. The molecule has 0 radical (unpaired) electrons. The SMILES string of the molecule is C=CC[C@@H](c1ccccc1)N(CC=C)[C@@H](C)[C@H](O)c1ccccc1. The Kier molecular flexibility index (Phi) is 6.98. The van der Waals surface area contributed by atoms with Crippen LogP contribution in [-0.2, 0) is 0 Å². The van der Waals surface area contributed by atoms with E-state index in [4.69, 9.17) is 0 Å². The van der Waals surface area contributed by atoms with Gasteiger partial charge in [-0.1, -0.05) is 72.8 Å². The van der Waals surface area contributed by atoms with Gasteiger partial charge in [-0.05, 0) is 24.5 Å². The summed E-state index contributed by atoms with van der Waals surface area (Å²) in [6.45, 7) is 10.6. The largest absolute Gasteiger partial charge is 0.387 e. The summed E-state index contributed by atoms with van der Waals surface area (Å²) >= 11 is 0.